The van der Waals surface area contributed by atoms with Gasteiger partial charge in [-0.05, 0) is 57.6 Å². The first kappa shape index (κ1) is 28.4. The third-order valence-corrected chi connectivity index (χ3v) is 8.01. The van der Waals surface area contributed by atoms with E-state index < -0.39 is 0 Å². The van der Waals surface area contributed by atoms with E-state index in [1.54, 1.807) is 0 Å². The second-order valence-corrected chi connectivity index (χ2v) is 13.0. The summed E-state index contributed by atoms with van der Waals surface area (Å²) in [5, 5.41) is 0. The first-order chi connectivity index (χ1) is 19.6. The molecule has 0 saturated carbocycles. The Morgan fingerprint density at radius 3 is 1.48 bits per heavy atom. The number of aromatic nitrogens is 2. The summed E-state index contributed by atoms with van der Waals surface area (Å²) in [6.07, 6.45) is 3.77. The van der Waals surface area contributed by atoms with Crippen LogP contribution in [0.4, 0.5) is 0 Å². The standard InChI is InChI=1S/C36H31BN2O2.Pt/c1-35(2,3)24-14-16-38-28(20-24)22-10-12-30-26(18-22)37-27-19-23(29-21-25(15-17-39-29)36(4,5)6)11-13-31(27)41-33-9-7-8-32(40-30)34(33)37;/h7-17,20-21H,1-6H3;/q-2;+2. The molecule has 0 atom stereocenters. The van der Waals surface area contributed by atoms with E-state index >= 15 is 0 Å². The summed E-state index contributed by atoms with van der Waals surface area (Å²) in [6, 6.07) is 30.1. The van der Waals surface area contributed by atoms with Crippen molar-refractivity contribution in [2.45, 2.75) is 52.4 Å². The van der Waals surface area contributed by atoms with Crippen molar-refractivity contribution in [1.29, 1.82) is 0 Å². The van der Waals surface area contributed by atoms with E-state index in [1.165, 1.54) is 11.1 Å². The fraction of sp³-hybridized carbons (Fsp3) is 0.222. The fourth-order valence-electron chi connectivity index (χ4n) is 5.65. The number of fused-ring (bicyclic) bond motifs is 4. The van der Waals surface area contributed by atoms with E-state index in [9.17, 15) is 0 Å². The molecule has 3 aromatic carbocycles. The van der Waals surface area contributed by atoms with Gasteiger partial charge < -0.3 is 19.4 Å². The van der Waals surface area contributed by atoms with Crippen molar-refractivity contribution < 1.29 is 30.5 Å². The Morgan fingerprint density at radius 2 is 1.05 bits per heavy atom. The molecule has 0 N–H and O–H groups in total. The van der Waals surface area contributed by atoms with E-state index in [4.69, 9.17) is 19.4 Å². The molecule has 0 spiro atoms. The molecule has 0 unspecified atom stereocenters. The average Bonchev–Trinajstić information content (AvgIpc) is 2.96. The van der Waals surface area contributed by atoms with Gasteiger partial charge in [-0.15, -0.1) is 58.5 Å². The topological polar surface area (TPSA) is 44.2 Å². The van der Waals surface area contributed by atoms with Gasteiger partial charge in [0.25, 0.3) is 0 Å². The van der Waals surface area contributed by atoms with Gasteiger partial charge in [0.2, 0.25) is 6.71 Å². The van der Waals surface area contributed by atoms with Crippen molar-refractivity contribution in [3.05, 3.63) is 102 Å². The van der Waals surface area contributed by atoms with Crippen molar-refractivity contribution in [3.8, 4) is 45.5 Å². The zero-order valence-corrected chi connectivity index (χ0v) is 26.9. The quantitative estimate of drug-likeness (QED) is 0.146. The molecule has 7 rings (SSSR count). The summed E-state index contributed by atoms with van der Waals surface area (Å²) in [5.74, 6) is 3.17. The number of benzene rings is 3. The number of rotatable bonds is 2. The van der Waals surface area contributed by atoms with E-state index in [0.717, 1.165) is 61.9 Å². The van der Waals surface area contributed by atoms with Gasteiger partial charge in [0.15, 0.2) is 0 Å². The zero-order valence-electron chi connectivity index (χ0n) is 24.6. The maximum Gasteiger partial charge on any atom is 2.00 e. The van der Waals surface area contributed by atoms with Crippen LogP contribution in [0.5, 0.6) is 23.0 Å². The SMILES string of the molecule is CC(C)(C)c1ccnc(-c2[c-]c3c(cc2)Oc2cccc4c2B3c2[c-]c(-c3cc(C(C)(C)C)ccn3)ccc2O4)c1.[Pt+2]. The van der Waals surface area contributed by atoms with E-state index in [0.29, 0.717) is 0 Å². The molecule has 210 valence electrons. The Hall–Kier alpha value is -3.69. The van der Waals surface area contributed by atoms with Crippen LogP contribution in [-0.2, 0) is 31.9 Å². The molecule has 2 aromatic heterocycles. The molecule has 2 aliphatic rings. The summed E-state index contributed by atoms with van der Waals surface area (Å²) in [7, 11) is 0. The summed E-state index contributed by atoms with van der Waals surface area (Å²) in [6.45, 7) is 13.1. The molecule has 0 amide bonds. The van der Waals surface area contributed by atoms with E-state index in [1.807, 2.05) is 54.9 Å². The molecule has 0 fully saturated rings. The monoisotopic (exact) mass is 729 g/mol. The van der Waals surface area contributed by atoms with Crippen molar-refractivity contribution in [2.75, 3.05) is 0 Å². The zero-order chi connectivity index (χ0) is 28.5. The summed E-state index contributed by atoms with van der Waals surface area (Å²) < 4.78 is 12.8. The molecule has 6 heteroatoms. The molecular formula is C36H31BN2O2Pt. The Balaban J connectivity index is 0.00000316. The Bertz CT molecular complexity index is 1710. The Labute approximate surface area is 262 Å². The molecule has 0 radical (unpaired) electrons. The van der Waals surface area contributed by atoms with Crippen LogP contribution in [0, 0.1) is 12.1 Å². The average molecular weight is 730 g/mol. The molecule has 4 heterocycles. The number of nitrogens with zero attached hydrogens (tertiary/aromatic N) is 2. The number of pyridine rings is 2. The minimum absolute atomic E-state index is 0. The number of ether oxygens (including phenoxy) is 2. The maximum absolute atomic E-state index is 6.42. The summed E-state index contributed by atoms with van der Waals surface area (Å²) >= 11 is 0. The van der Waals surface area contributed by atoms with Gasteiger partial charge in [-0.1, -0.05) is 59.7 Å². The van der Waals surface area contributed by atoms with Gasteiger partial charge in [-0.2, -0.15) is 0 Å². The molecule has 5 aromatic rings. The smallest absolute Gasteiger partial charge is 0.503 e. The molecule has 0 aliphatic carbocycles. The summed E-state index contributed by atoms with van der Waals surface area (Å²) in [4.78, 5) is 9.42. The molecular weight excluding hydrogens is 698 g/mol. The summed E-state index contributed by atoms with van der Waals surface area (Å²) in [5.41, 5.74) is 9.08. The Kier molecular flexibility index (Phi) is 6.93. The molecule has 4 nitrogen and oxygen atoms in total. The van der Waals surface area contributed by atoms with Gasteiger partial charge >= 0.3 is 21.1 Å². The van der Waals surface area contributed by atoms with Crippen LogP contribution in [0.3, 0.4) is 0 Å². The Morgan fingerprint density at radius 1 is 0.595 bits per heavy atom. The first-order valence-electron chi connectivity index (χ1n) is 14.1. The third-order valence-electron chi connectivity index (χ3n) is 8.01. The van der Waals surface area contributed by atoms with E-state index in [2.05, 4.69) is 77.9 Å². The second kappa shape index (κ2) is 10.2. The first-order valence-corrected chi connectivity index (χ1v) is 14.1. The van der Waals surface area contributed by atoms with E-state index in [-0.39, 0.29) is 38.6 Å². The molecule has 42 heavy (non-hydrogen) atoms. The van der Waals surface area contributed by atoms with Crippen LogP contribution in [-0.4, -0.2) is 16.7 Å². The van der Waals surface area contributed by atoms with Gasteiger partial charge in [-0.25, -0.2) is 0 Å². The van der Waals surface area contributed by atoms with Crippen LogP contribution in [0.15, 0.2) is 79.1 Å². The maximum atomic E-state index is 6.42. The predicted octanol–water partition coefficient (Wildman–Crippen LogP) is 6.73. The minimum Gasteiger partial charge on any atom is -0.503 e. The van der Waals surface area contributed by atoms with Crippen LogP contribution >= 0.6 is 0 Å². The number of hydrogen-bond donors (Lipinski definition) is 0. The van der Waals surface area contributed by atoms with Crippen LogP contribution in [0.25, 0.3) is 22.5 Å². The van der Waals surface area contributed by atoms with Gasteiger partial charge in [0.05, 0.1) is 0 Å². The van der Waals surface area contributed by atoms with Crippen molar-refractivity contribution in [1.82, 2.24) is 9.97 Å². The van der Waals surface area contributed by atoms with Gasteiger partial charge in [0, 0.05) is 29.4 Å². The van der Waals surface area contributed by atoms with Crippen molar-refractivity contribution in [2.24, 2.45) is 0 Å². The van der Waals surface area contributed by atoms with Crippen molar-refractivity contribution in [3.63, 3.8) is 0 Å². The molecule has 2 aliphatic heterocycles. The van der Waals surface area contributed by atoms with Gasteiger partial charge in [0.1, 0.15) is 11.5 Å². The third kappa shape index (κ3) is 4.88. The molecule has 0 bridgehead atoms. The minimum atomic E-state index is -0.148. The number of hydrogen-bond acceptors (Lipinski definition) is 4. The van der Waals surface area contributed by atoms with Gasteiger partial charge in [-0.3, -0.25) is 0 Å². The largest absolute Gasteiger partial charge is 2.00 e. The predicted molar refractivity (Wildman–Crippen MR) is 166 cm³/mol. The van der Waals surface area contributed by atoms with Crippen LogP contribution < -0.4 is 25.9 Å². The normalized spacial score (nSPS) is 13.1. The van der Waals surface area contributed by atoms with Crippen LogP contribution in [0.2, 0.25) is 0 Å². The molecule has 0 saturated heterocycles. The second-order valence-electron chi connectivity index (χ2n) is 13.0. The van der Waals surface area contributed by atoms with Crippen molar-refractivity contribution >= 4 is 23.1 Å². The fourth-order valence-corrected chi connectivity index (χ4v) is 5.65. The van der Waals surface area contributed by atoms with Crippen LogP contribution in [0.1, 0.15) is 52.7 Å².